The molecule has 0 saturated carbocycles. The maximum atomic E-state index is 10.8. The predicted octanol–water partition coefficient (Wildman–Crippen LogP) is 2.41. The first kappa shape index (κ1) is 8.96. The van der Waals surface area contributed by atoms with E-state index in [-0.39, 0.29) is 5.69 Å². The number of hydrogen-bond acceptors (Lipinski definition) is 4. The highest BCUT2D eigenvalue weighted by molar-refractivity contribution is 7.13. The highest BCUT2D eigenvalue weighted by Crippen LogP contribution is 2.30. The fourth-order valence-electron chi connectivity index (χ4n) is 1.23. The summed E-state index contributed by atoms with van der Waals surface area (Å²) in [6.07, 6.45) is 0. The topological polar surface area (TPSA) is 63.3 Å². The quantitative estimate of drug-likeness (QED) is 0.824. The van der Waals surface area contributed by atoms with Crippen LogP contribution in [0.3, 0.4) is 0 Å². The minimum atomic E-state index is -1.06. The van der Waals surface area contributed by atoms with Crippen LogP contribution in [-0.4, -0.2) is 16.2 Å². The molecule has 0 fully saturated rings. The fourth-order valence-corrected chi connectivity index (χ4v) is 2.05. The standard InChI is InChI=1S/C9H7NO3S/c1-5-7(6-3-2-4-14-6)8(9(11)12)10-13-5/h2-4H,1H3,(H,11,12). The summed E-state index contributed by atoms with van der Waals surface area (Å²) in [5.41, 5.74) is 0.553. The number of carboxylic acids is 1. The number of nitrogens with zero attached hydrogens (tertiary/aromatic N) is 1. The van der Waals surface area contributed by atoms with Crippen molar-refractivity contribution in [2.75, 3.05) is 0 Å². The van der Waals surface area contributed by atoms with Crippen LogP contribution >= 0.6 is 11.3 Å². The monoisotopic (exact) mass is 209 g/mol. The molecule has 0 aromatic carbocycles. The van der Waals surface area contributed by atoms with E-state index in [9.17, 15) is 4.79 Å². The van der Waals surface area contributed by atoms with E-state index in [1.54, 1.807) is 6.92 Å². The average Bonchev–Trinajstić information content (AvgIpc) is 2.71. The molecule has 2 rings (SSSR count). The van der Waals surface area contributed by atoms with Crippen molar-refractivity contribution in [1.82, 2.24) is 5.16 Å². The molecule has 0 aliphatic rings. The van der Waals surface area contributed by atoms with Gasteiger partial charge in [0.25, 0.3) is 0 Å². The SMILES string of the molecule is Cc1onc(C(=O)O)c1-c1cccs1. The summed E-state index contributed by atoms with van der Waals surface area (Å²) in [4.78, 5) is 11.7. The molecule has 0 amide bonds. The molecule has 14 heavy (non-hydrogen) atoms. The molecule has 5 heteroatoms. The summed E-state index contributed by atoms with van der Waals surface area (Å²) < 4.78 is 4.86. The third-order valence-corrected chi connectivity index (χ3v) is 2.72. The molecular weight excluding hydrogens is 202 g/mol. The van der Waals surface area contributed by atoms with Gasteiger partial charge in [-0.2, -0.15) is 0 Å². The van der Waals surface area contributed by atoms with Crippen molar-refractivity contribution in [1.29, 1.82) is 0 Å². The molecule has 72 valence electrons. The van der Waals surface area contributed by atoms with Gasteiger partial charge in [0.2, 0.25) is 0 Å². The Morgan fingerprint density at radius 3 is 3.00 bits per heavy atom. The van der Waals surface area contributed by atoms with Crippen LogP contribution in [0.4, 0.5) is 0 Å². The Kier molecular flexibility index (Phi) is 2.09. The van der Waals surface area contributed by atoms with Gasteiger partial charge in [0, 0.05) is 4.88 Å². The summed E-state index contributed by atoms with van der Waals surface area (Å²) in [5.74, 6) is -0.532. The summed E-state index contributed by atoms with van der Waals surface area (Å²) in [6, 6.07) is 3.70. The van der Waals surface area contributed by atoms with Crippen LogP contribution in [0.15, 0.2) is 22.0 Å². The van der Waals surface area contributed by atoms with Crippen LogP contribution in [0.2, 0.25) is 0 Å². The van der Waals surface area contributed by atoms with Crippen molar-refractivity contribution in [2.45, 2.75) is 6.92 Å². The van der Waals surface area contributed by atoms with Gasteiger partial charge in [-0.1, -0.05) is 11.2 Å². The lowest BCUT2D eigenvalue weighted by Gasteiger charge is -1.93. The van der Waals surface area contributed by atoms with Gasteiger partial charge in [-0.25, -0.2) is 4.79 Å². The number of carbonyl (C=O) groups is 1. The Balaban J connectivity index is 2.62. The van der Waals surface area contributed by atoms with Gasteiger partial charge in [-0.15, -0.1) is 11.3 Å². The Morgan fingerprint density at radius 2 is 2.43 bits per heavy atom. The molecule has 2 aromatic rings. The van der Waals surface area contributed by atoms with Gasteiger partial charge in [0.15, 0.2) is 5.69 Å². The highest BCUT2D eigenvalue weighted by atomic mass is 32.1. The van der Waals surface area contributed by atoms with Gasteiger partial charge in [-0.05, 0) is 18.4 Å². The van der Waals surface area contributed by atoms with E-state index < -0.39 is 5.97 Å². The third-order valence-electron chi connectivity index (χ3n) is 1.83. The lowest BCUT2D eigenvalue weighted by molar-refractivity contribution is 0.0686. The molecule has 0 atom stereocenters. The lowest BCUT2D eigenvalue weighted by atomic mass is 10.1. The second-order valence-corrected chi connectivity index (χ2v) is 3.69. The Morgan fingerprint density at radius 1 is 1.64 bits per heavy atom. The van der Waals surface area contributed by atoms with E-state index in [1.807, 2.05) is 17.5 Å². The number of aryl methyl sites for hydroxylation is 1. The Bertz CT molecular complexity index is 458. The van der Waals surface area contributed by atoms with E-state index in [2.05, 4.69) is 5.16 Å². The fraction of sp³-hybridized carbons (Fsp3) is 0.111. The summed E-state index contributed by atoms with van der Waals surface area (Å²) >= 11 is 1.46. The third kappa shape index (κ3) is 1.31. The molecule has 2 heterocycles. The minimum absolute atomic E-state index is 0.0232. The first-order valence-corrected chi connectivity index (χ1v) is 4.81. The number of aromatic nitrogens is 1. The molecule has 4 nitrogen and oxygen atoms in total. The van der Waals surface area contributed by atoms with E-state index in [0.717, 1.165) is 4.88 Å². The summed E-state index contributed by atoms with van der Waals surface area (Å²) in [7, 11) is 0. The van der Waals surface area contributed by atoms with Gasteiger partial charge in [0.1, 0.15) is 5.76 Å². The maximum Gasteiger partial charge on any atom is 0.358 e. The molecule has 0 spiro atoms. The number of hydrogen-bond donors (Lipinski definition) is 1. The Labute approximate surface area is 83.8 Å². The van der Waals surface area contributed by atoms with Gasteiger partial charge in [-0.3, -0.25) is 0 Å². The van der Waals surface area contributed by atoms with Gasteiger partial charge < -0.3 is 9.63 Å². The van der Waals surface area contributed by atoms with Crippen molar-refractivity contribution in [3.8, 4) is 10.4 Å². The van der Waals surface area contributed by atoms with Crippen LogP contribution in [0.25, 0.3) is 10.4 Å². The van der Waals surface area contributed by atoms with Crippen LogP contribution in [0.5, 0.6) is 0 Å². The zero-order valence-corrected chi connectivity index (χ0v) is 8.17. The van der Waals surface area contributed by atoms with Crippen molar-refractivity contribution < 1.29 is 14.4 Å². The summed E-state index contributed by atoms with van der Waals surface area (Å²) in [5, 5.41) is 14.2. The predicted molar refractivity (Wildman–Crippen MR) is 51.5 cm³/mol. The van der Waals surface area contributed by atoms with E-state index >= 15 is 0 Å². The minimum Gasteiger partial charge on any atom is -0.476 e. The molecular formula is C9H7NO3S. The maximum absolute atomic E-state index is 10.8. The van der Waals surface area contributed by atoms with Crippen molar-refractivity contribution in [3.05, 3.63) is 29.0 Å². The molecule has 1 N–H and O–H groups in total. The largest absolute Gasteiger partial charge is 0.476 e. The molecule has 2 aromatic heterocycles. The van der Waals surface area contributed by atoms with Crippen molar-refractivity contribution >= 4 is 17.3 Å². The highest BCUT2D eigenvalue weighted by Gasteiger charge is 2.20. The Hall–Kier alpha value is -1.62. The lowest BCUT2D eigenvalue weighted by Crippen LogP contribution is -1.98. The molecule has 0 saturated heterocycles. The number of rotatable bonds is 2. The van der Waals surface area contributed by atoms with Crippen molar-refractivity contribution in [2.24, 2.45) is 0 Å². The first-order valence-electron chi connectivity index (χ1n) is 3.93. The van der Waals surface area contributed by atoms with Crippen molar-refractivity contribution in [3.63, 3.8) is 0 Å². The smallest absolute Gasteiger partial charge is 0.358 e. The summed E-state index contributed by atoms with van der Waals surface area (Å²) in [6.45, 7) is 1.70. The van der Waals surface area contributed by atoms with E-state index in [1.165, 1.54) is 11.3 Å². The van der Waals surface area contributed by atoms with Crippen LogP contribution in [-0.2, 0) is 0 Å². The number of aromatic carboxylic acids is 1. The molecule has 0 radical (unpaired) electrons. The van der Waals surface area contributed by atoms with Crippen LogP contribution in [0.1, 0.15) is 16.2 Å². The zero-order valence-electron chi connectivity index (χ0n) is 7.35. The van der Waals surface area contributed by atoms with E-state index in [4.69, 9.17) is 9.63 Å². The number of carboxylic acid groups (broad SMARTS) is 1. The second kappa shape index (κ2) is 3.26. The van der Waals surface area contributed by atoms with E-state index in [0.29, 0.717) is 11.3 Å². The molecule has 0 aliphatic carbocycles. The van der Waals surface area contributed by atoms with Crippen LogP contribution in [0, 0.1) is 6.92 Å². The average molecular weight is 209 g/mol. The molecule has 0 unspecified atom stereocenters. The normalized spacial score (nSPS) is 10.4. The molecule has 0 bridgehead atoms. The van der Waals surface area contributed by atoms with Gasteiger partial charge >= 0.3 is 5.97 Å². The second-order valence-electron chi connectivity index (χ2n) is 2.74. The first-order chi connectivity index (χ1) is 6.70. The number of thiophene rings is 1. The molecule has 0 aliphatic heterocycles. The van der Waals surface area contributed by atoms with Crippen LogP contribution < -0.4 is 0 Å². The zero-order chi connectivity index (χ0) is 10.1. The van der Waals surface area contributed by atoms with Gasteiger partial charge in [0.05, 0.1) is 5.56 Å².